The maximum absolute atomic E-state index is 11.7. The van der Waals surface area contributed by atoms with Crippen molar-refractivity contribution >= 4 is 29.5 Å². The van der Waals surface area contributed by atoms with Crippen molar-refractivity contribution in [2.75, 3.05) is 37.7 Å². The summed E-state index contributed by atoms with van der Waals surface area (Å²) in [5.74, 6) is -0.745. The Morgan fingerprint density at radius 2 is 1.85 bits per heavy atom. The molecule has 0 spiro atoms. The van der Waals surface area contributed by atoms with Crippen LogP contribution in [0.25, 0.3) is 0 Å². The van der Waals surface area contributed by atoms with Gasteiger partial charge in [-0.15, -0.1) is 0 Å². The number of hydrogen-bond donors (Lipinski definition) is 1. The summed E-state index contributed by atoms with van der Waals surface area (Å²) >= 11 is 0. The minimum Gasteiger partial charge on any atom is -0.482 e. The topological polar surface area (TPSA) is 105 Å². The van der Waals surface area contributed by atoms with E-state index in [4.69, 9.17) is 9.47 Å². The average Bonchev–Trinajstić information content (AvgIpc) is 3.26. The molecule has 0 bridgehead atoms. The molecule has 9 nitrogen and oxygen atoms in total. The number of esters is 1. The van der Waals surface area contributed by atoms with Crippen LogP contribution in [-0.4, -0.2) is 61.6 Å². The zero-order chi connectivity index (χ0) is 18.5. The van der Waals surface area contributed by atoms with E-state index in [0.29, 0.717) is 25.3 Å². The molecular weight excluding hydrogens is 342 g/mol. The van der Waals surface area contributed by atoms with Crippen LogP contribution in [0.4, 0.5) is 10.5 Å². The second kappa shape index (κ2) is 7.85. The van der Waals surface area contributed by atoms with Gasteiger partial charge in [0.05, 0.1) is 0 Å². The Kier molecular flexibility index (Phi) is 5.35. The third-order valence-corrected chi connectivity index (χ3v) is 4.09. The molecule has 9 heteroatoms. The molecule has 0 aliphatic carbocycles. The van der Waals surface area contributed by atoms with Gasteiger partial charge in [0, 0.05) is 31.7 Å². The van der Waals surface area contributed by atoms with E-state index in [2.05, 4.69) is 5.32 Å². The summed E-state index contributed by atoms with van der Waals surface area (Å²) in [7, 11) is 0. The van der Waals surface area contributed by atoms with Crippen molar-refractivity contribution < 1.29 is 28.7 Å². The van der Waals surface area contributed by atoms with E-state index < -0.39 is 24.5 Å². The number of hydrogen-bond acceptors (Lipinski definition) is 6. The largest absolute Gasteiger partial charge is 0.482 e. The molecule has 2 fully saturated rings. The molecule has 0 unspecified atom stereocenters. The van der Waals surface area contributed by atoms with Gasteiger partial charge in [-0.3, -0.25) is 14.5 Å². The number of anilines is 1. The summed E-state index contributed by atoms with van der Waals surface area (Å²) in [5, 5.41) is 2.49. The highest BCUT2D eigenvalue weighted by molar-refractivity contribution is 5.97. The molecule has 2 heterocycles. The van der Waals surface area contributed by atoms with Gasteiger partial charge in [0.25, 0.3) is 5.91 Å². The van der Waals surface area contributed by atoms with Crippen molar-refractivity contribution in [3.05, 3.63) is 24.3 Å². The van der Waals surface area contributed by atoms with Gasteiger partial charge in [-0.05, 0) is 30.7 Å². The number of ether oxygens (including phenoxy) is 2. The number of imide groups is 1. The first-order valence-corrected chi connectivity index (χ1v) is 8.31. The van der Waals surface area contributed by atoms with Crippen LogP contribution in [-0.2, 0) is 19.1 Å². The third-order valence-electron chi connectivity index (χ3n) is 4.09. The van der Waals surface area contributed by atoms with Crippen molar-refractivity contribution in [1.82, 2.24) is 10.2 Å². The summed E-state index contributed by atoms with van der Waals surface area (Å²) in [6.45, 7) is 0.486. The van der Waals surface area contributed by atoms with Crippen LogP contribution in [0.1, 0.15) is 12.8 Å². The quantitative estimate of drug-likeness (QED) is 0.730. The van der Waals surface area contributed by atoms with E-state index in [9.17, 15) is 19.2 Å². The minimum absolute atomic E-state index is 0.0959. The Bertz CT molecular complexity index is 718. The van der Waals surface area contributed by atoms with Gasteiger partial charge in [0.1, 0.15) is 5.75 Å². The van der Waals surface area contributed by atoms with Gasteiger partial charge in [-0.1, -0.05) is 0 Å². The first kappa shape index (κ1) is 17.7. The molecule has 0 radical (unpaired) electrons. The number of urea groups is 1. The number of carbonyl (C=O) groups is 4. The lowest BCUT2D eigenvalue weighted by molar-refractivity contribution is -0.152. The monoisotopic (exact) mass is 361 g/mol. The van der Waals surface area contributed by atoms with Crippen LogP contribution in [0.5, 0.6) is 5.75 Å². The standard InChI is InChI=1S/C17H19N3O6/c21-14-2-1-8-19(14)12-3-5-13(6-4-12)25-11-16(23)26-10-15(22)20-9-7-18-17(20)24/h3-6H,1-2,7-11H2,(H,18,24). The number of nitrogens with one attached hydrogen (secondary N) is 1. The van der Waals surface area contributed by atoms with Gasteiger partial charge in [0.15, 0.2) is 13.2 Å². The van der Waals surface area contributed by atoms with E-state index >= 15 is 0 Å². The Balaban J connectivity index is 1.42. The zero-order valence-corrected chi connectivity index (χ0v) is 14.1. The average molecular weight is 361 g/mol. The summed E-state index contributed by atoms with van der Waals surface area (Å²) in [6.07, 6.45) is 1.41. The molecule has 1 aromatic carbocycles. The van der Waals surface area contributed by atoms with Gasteiger partial charge < -0.3 is 19.7 Å². The number of nitrogens with zero attached hydrogens (tertiary/aromatic N) is 2. The normalized spacial score (nSPS) is 16.6. The fraction of sp³-hybridized carbons (Fsp3) is 0.412. The van der Waals surface area contributed by atoms with Crippen molar-refractivity contribution in [3.8, 4) is 5.75 Å². The van der Waals surface area contributed by atoms with E-state index in [1.165, 1.54) is 0 Å². The molecule has 3 rings (SSSR count). The maximum atomic E-state index is 11.7. The minimum atomic E-state index is -0.711. The molecular formula is C17H19N3O6. The summed E-state index contributed by atoms with van der Waals surface area (Å²) < 4.78 is 10.1. The van der Waals surface area contributed by atoms with E-state index in [-0.39, 0.29) is 19.1 Å². The number of carbonyl (C=O) groups excluding carboxylic acids is 4. The maximum Gasteiger partial charge on any atom is 0.344 e. The van der Waals surface area contributed by atoms with Crippen molar-refractivity contribution in [1.29, 1.82) is 0 Å². The lowest BCUT2D eigenvalue weighted by Gasteiger charge is -2.16. The van der Waals surface area contributed by atoms with Crippen molar-refractivity contribution in [3.63, 3.8) is 0 Å². The molecule has 2 aliphatic rings. The molecule has 2 saturated heterocycles. The van der Waals surface area contributed by atoms with E-state index in [0.717, 1.165) is 17.0 Å². The third kappa shape index (κ3) is 4.11. The van der Waals surface area contributed by atoms with Crippen LogP contribution in [0, 0.1) is 0 Å². The van der Waals surface area contributed by atoms with Crippen LogP contribution >= 0.6 is 0 Å². The van der Waals surface area contributed by atoms with Crippen LogP contribution in [0.2, 0.25) is 0 Å². The van der Waals surface area contributed by atoms with Crippen LogP contribution in [0.3, 0.4) is 0 Å². The van der Waals surface area contributed by atoms with Crippen molar-refractivity contribution in [2.24, 2.45) is 0 Å². The molecule has 26 heavy (non-hydrogen) atoms. The number of benzene rings is 1. The summed E-state index contributed by atoms with van der Waals surface area (Å²) in [5.41, 5.74) is 0.789. The van der Waals surface area contributed by atoms with E-state index in [1.807, 2.05) is 0 Å². The lowest BCUT2D eigenvalue weighted by atomic mass is 10.3. The highest BCUT2D eigenvalue weighted by Gasteiger charge is 2.26. The van der Waals surface area contributed by atoms with Crippen LogP contribution in [0.15, 0.2) is 24.3 Å². The lowest BCUT2D eigenvalue weighted by Crippen LogP contribution is -2.37. The molecule has 1 aromatic rings. The summed E-state index contributed by atoms with van der Waals surface area (Å²) in [4.78, 5) is 49.1. The molecule has 2 aliphatic heterocycles. The number of rotatable bonds is 6. The zero-order valence-electron chi connectivity index (χ0n) is 14.1. The molecule has 138 valence electrons. The highest BCUT2D eigenvalue weighted by atomic mass is 16.6. The van der Waals surface area contributed by atoms with Gasteiger partial charge >= 0.3 is 12.0 Å². The fourth-order valence-corrected chi connectivity index (χ4v) is 2.76. The fourth-order valence-electron chi connectivity index (χ4n) is 2.76. The number of amides is 4. The summed E-state index contributed by atoms with van der Waals surface area (Å²) in [6, 6.07) is 6.33. The Labute approximate surface area is 149 Å². The first-order valence-electron chi connectivity index (χ1n) is 8.31. The molecule has 0 saturated carbocycles. The van der Waals surface area contributed by atoms with Crippen molar-refractivity contribution in [2.45, 2.75) is 12.8 Å². The molecule has 4 amide bonds. The van der Waals surface area contributed by atoms with Gasteiger partial charge in [-0.25, -0.2) is 9.59 Å². The predicted octanol–water partition coefficient (Wildman–Crippen LogP) is 0.287. The van der Waals surface area contributed by atoms with E-state index in [1.54, 1.807) is 29.2 Å². The highest BCUT2D eigenvalue weighted by Crippen LogP contribution is 2.23. The second-order valence-electron chi connectivity index (χ2n) is 5.87. The van der Waals surface area contributed by atoms with Gasteiger partial charge in [-0.2, -0.15) is 0 Å². The molecule has 0 aromatic heterocycles. The van der Waals surface area contributed by atoms with Crippen LogP contribution < -0.4 is 15.0 Å². The Morgan fingerprint density at radius 1 is 1.08 bits per heavy atom. The first-order chi connectivity index (χ1) is 12.5. The second-order valence-corrected chi connectivity index (χ2v) is 5.87. The van der Waals surface area contributed by atoms with Gasteiger partial charge in [0.2, 0.25) is 5.91 Å². The Hall–Kier alpha value is -3.10. The molecule has 0 atom stereocenters. The SMILES string of the molecule is O=C(COc1ccc(N2CCCC2=O)cc1)OCC(=O)N1CCNC1=O. The smallest absolute Gasteiger partial charge is 0.344 e. The Morgan fingerprint density at radius 3 is 2.46 bits per heavy atom. The predicted molar refractivity (Wildman–Crippen MR) is 89.6 cm³/mol. The molecule has 1 N–H and O–H groups in total.